The van der Waals surface area contributed by atoms with E-state index in [1.165, 1.54) is 4.68 Å². The van der Waals surface area contributed by atoms with Gasteiger partial charge in [-0.1, -0.05) is 11.6 Å². The second-order valence-corrected chi connectivity index (χ2v) is 6.94. The van der Waals surface area contributed by atoms with Crippen molar-refractivity contribution in [1.82, 2.24) is 24.3 Å². The average molecular weight is 431 g/mol. The Kier molecular flexibility index (Phi) is 5.13. The molecule has 154 valence electrons. The molecule has 0 unspecified atom stereocenters. The van der Waals surface area contributed by atoms with Crippen molar-refractivity contribution in [3.63, 3.8) is 0 Å². The fourth-order valence-corrected chi connectivity index (χ4v) is 3.11. The molecule has 2 aromatic carbocycles. The molecular formula is C20H17ClF2N6O. The molecule has 0 spiro atoms. The molecule has 0 aliphatic carbocycles. The Balaban J connectivity index is 1.69. The van der Waals surface area contributed by atoms with Crippen molar-refractivity contribution < 1.29 is 13.5 Å². The quantitative estimate of drug-likeness (QED) is 0.466. The predicted molar refractivity (Wildman–Crippen MR) is 110 cm³/mol. The molecule has 0 fully saturated rings. The number of halogens is 3. The molecule has 1 N–H and O–H groups in total. The van der Waals surface area contributed by atoms with Crippen molar-refractivity contribution >= 4 is 23.2 Å². The maximum Gasteiger partial charge on any atom is 0.226 e. The third-order valence-electron chi connectivity index (χ3n) is 4.47. The number of aryl methyl sites for hydroxylation is 2. The number of aromatic nitrogens is 5. The molecule has 0 saturated carbocycles. The number of rotatable bonds is 5. The zero-order chi connectivity index (χ0) is 21.4. The number of nitrogens with zero attached hydrogens (tertiary/aromatic N) is 5. The molecule has 0 bridgehead atoms. The van der Waals surface area contributed by atoms with Crippen molar-refractivity contribution in [1.29, 1.82) is 0 Å². The number of imidazole rings is 1. The number of benzene rings is 2. The summed E-state index contributed by atoms with van der Waals surface area (Å²) in [5.41, 5.74) is 1.96. The van der Waals surface area contributed by atoms with E-state index in [4.69, 9.17) is 16.3 Å². The Hall–Kier alpha value is -3.46. The number of hydrogen-bond donors (Lipinski definition) is 1. The topological polar surface area (TPSA) is 69.8 Å². The fraction of sp³-hybridized carbons (Fsp3) is 0.150. The van der Waals surface area contributed by atoms with Crippen LogP contribution in [0.4, 0.5) is 20.4 Å². The summed E-state index contributed by atoms with van der Waals surface area (Å²) in [6.07, 6.45) is 3.58. The largest absolute Gasteiger partial charge is 0.495 e. The number of ether oxygens (including phenoxy) is 1. The Morgan fingerprint density at radius 2 is 1.97 bits per heavy atom. The van der Waals surface area contributed by atoms with E-state index in [1.54, 1.807) is 26.6 Å². The van der Waals surface area contributed by atoms with Crippen LogP contribution in [0.5, 0.6) is 5.75 Å². The number of hydrogen-bond acceptors (Lipinski definition) is 5. The van der Waals surface area contributed by atoms with Crippen molar-refractivity contribution in [2.75, 3.05) is 12.4 Å². The van der Waals surface area contributed by atoms with Crippen LogP contribution in [0.1, 0.15) is 5.69 Å². The lowest BCUT2D eigenvalue weighted by molar-refractivity contribution is 0.413. The van der Waals surface area contributed by atoms with Crippen LogP contribution in [0.3, 0.4) is 0 Å². The van der Waals surface area contributed by atoms with E-state index < -0.39 is 17.3 Å². The van der Waals surface area contributed by atoms with Crippen LogP contribution in [0.2, 0.25) is 5.02 Å². The van der Waals surface area contributed by atoms with E-state index in [0.29, 0.717) is 17.1 Å². The third kappa shape index (κ3) is 3.59. The summed E-state index contributed by atoms with van der Waals surface area (Å²) in [7, 11) is 3.18. The molecule has 4 rings (SSSR count). The molecule has 0 saturated heterocycles. The number of methoxy groups -OCH3 is 1. The van der Waals surface area contributed by atoms with Gasteiger partial charge in [0.25, 0.3) is 0 Å². The molecule has 0 amide bonds. The van der Waals surface area contributed by atoms with Crippen LogP contribution >= 0.6 is 11.6 Å². The molecule has 30 heavy (non-hydrogen) atoms. The van der Waals surface area contributed by atoms with Gasteiger partial charge in [-0.25, -0.2) is 18.4 Å². The fourth-order valence-electron chi connectivity index (χ4n) is 2.95. The standard InChI is InChI=1S/C20H17ClF2N6O/c1-11-9-29(10-24-11)15-7-4-12(8-16(15)30-3)19-26-20(28(2)27-19)25-18-14(22)6-5-13(21)17(18)23/h4-10H,1-3H3,(H,25,26,27). The maximum absolute atomic E-state index is 14.2. The minimum absolute atomic E-state index is 0.151. The summed E-state index contributed by atoms with van der Waals surface area (Å²) < 4.78 is 37.0. The highest BCUT2D eigenvalue weighted by molar-refractivity contribution is 6.31. The van der Waals surface area contributed by atoms with Gasteiger partial charge in [0, 0.05) is 18.8 Å². The smallest absolute Gasteiger partial charge is 0.226 e. The van der Waals surface area contributed by atoms with Crippen molar-refractivity contribution in [3.8, 4) is 22.8 Å². The summed E-state index contributed by atoms with van der Waals surface area (Å²) >= 11 is 5.75. The minimum atomic E-state index is -0.900. The van der Waals surface area contributed by atoms with Crippen molar-refractivity contribution in [2.24, 2.45) is 7.05 Å². The molecule has 4 aromatic rings. The molecule has 2 aromatic heterocycles. The average Bonchev–Trinajstić information content (AvgIpc) is 3.33. The highest BCUT2D eigenvalue weighted by atomic mass is 35.5. The summed E-state index contributed by atoms with van der Waals surface area (Å²) in [6.45, 7) is 1.90. The van der Waals surface area contributed by atoms with Gasteiger partial charge in [-0.2, -0.15) is 4.98 Å². The summed E-state index contributed by atoms with van der Waals surface area (Å²) in [5, 5.41) is 6.75. The molecule has 0 radical (unpaired) electrons. The highest BCUT2D eigenvalue weighted by Gasteiger charge is 2.17. The molecule has 0 aliphatic heterocycles. The van der Waals surface area contributed by atoms with Gasteiger partial charge >= 0.3 is 0 Å². The first-order valence-electron chi connectivity index (χ1n) is 8.88. The second-order valence-electron chi connectivity index (χ2n) is 6.53. The summed E-state index contributed by atoms with van der Waals surface area (Å²) in [4.78, 5) is 8.58. The molecule has 0 atom stereocenters. The Labute approximate surface area is 175 Å². The van der Waals surface area contributed by atoms with Gasteiger partial charge in [-0.3, -0.25) is 0 Å². The number of nitrogens with one attached hydrogen (secondary N) is 1. The van der Waals surface area contributed by atoms with E-state index in [-0.39, 0.29) is 11.0 Å². The van der Waals surface area contributed by atoms with Crippen LogP contribution < -0.4 is 10.1 Å². The zero-order valence-electron chi connectivity index (χ0n) is 16.3. The molecule has 2 heterocycles. The van der Waals surface area contributed by atoms with Gasteiger partial charge in [0.15, 0.2) is 11.6 Å². The lowest BCUT2D eigenvalue weighted by atomic mass is 10.1. The van der Waals surface area contributed by atoms with Crippen LogP contribution in [0.15, 0.2) is 42.9 Å². The van der Waals surface area contributed by atoms with E-state index in [2.05, 4.69) is 20.4 Å². The summed E-state index contributed by atoms with van der Waals surface area (Å²) in [5.74, 6) is -0.586. The first-order valence-corrected chi connectivity index (χ1v) is 9.26. The van der Waals surface area contributed by atoms with Crippen LogP contribution in [-0.4, -0.2) is 31.4 Å². The lowest BCUT2D eigenvalue weighted by Gasteiger charge is -2.10. The first kappa shape index (κ1) is 19.8. The normalized spacial score (nSPS) is 11.0. The molecular weight excluding hydrogens is 414 g/mol. The van der Waals surface area contributed by atoms with E-state index in [9.17, 15) is 8.78 Å². The molecule has 7 nitrogen and oxygen atoms in total. The van der Waals surface area contributed by atoms with E-state index in [1.807, 2.05) is 29.8 Å². The molecule has 10 heteroatoms. The first-order chi connectivity index (χ1) is 14.4. The summed E-state index contributed by atoms with van der Waals surface area (Å²) in [6, 6.07) is 7.69. The van der Waals surface area contributed by atoms with Gasteiger partial charge in [-0.05, 0) is 37.3 Å². The van der Waals surface area contributed by atoms with Gasteiger partial charge in [0.05, 0.1) is 29.8 Å². The third-order valence-corrected chi connectivity index (χ3v) is 4.76. The lowest BCUT2D eigenvalue weighted by Crippen LogP contribution is -2.04. The van der Waals surface area contributed by atoms with E-state index >= 15 is 0 Å². The Morgan fingerprint density at radius 1 is 1.17 bits per heavy atom. The van der Waals surface area contributed by atoms with Gasteiger partial charge in [0.2, 0.25) is 5.95 Å². The Morgan fingerprint density at radius 3 is 2.67 bits per heavy atom. The van der Waals surface area contributed by atoms with Gasteiger partial charge < -0.3 is 14.6 Å². The highest BCUT2D eigenvalue weighted by Crippen LogP contribution is 2.31. The minimum Gasteiger partial charge on any atom is -0.495 e. The number of anilines is 2. The monoisotopic (exact) mass is 430 g/mol. The van der Waals surface area contributed by atoms with Gasteiger partial charge in [-0.15, -0.1) is 5.10 Å². The van der Waals surface area contributed by atoms with Crippen molar-refractivity contribution in [2.45, 2.75) is 6.92 Å². The van der Waals surface area contributed by atoms with Gasteiger partial charge in [0.1, 0.15) is 17.3 Å². The Bertz CT molecular complexity index is 1240. The van der Waals surface area contributed by atoms with Crippen LogP contribution in [0, 0.1) is 18.6 Å². The van der Waals surface area contributed by atoms with Crippen molar-refractivity contribution in [3.05, 3.63) is 65.2 Å². The van der Waals surface area contributed by atoms with E-state index in [0.717, 1.165) is 23.5 Å². The predicted octanol–water partition coefficient (Wildman–Crippen LogP) is 4.66. The van der Waals surface area contributed by atoms with Crippen LogP contribution in [0.25, 0.3) is 17.1 Å². The maximum atomic E-state index is 14.2. The zero-order valence-corrected chi connectivity index (χ0v) is 17.1. The second kappa shape index (κ2) is 7.75. The van der Waals surface area contributed by atoms with Crippen LogP contribution in [-0.2, 0) is 7.05 Å². The SMILES string of the molecule is COc1cc(-c2nc(Nc3c(F)ccc(Cl)c3F)n(C)n2)ccc1-n1cnc(C)c1. The molecule has 0 aliphatic rings.